The Balaban J connectivity index is 4.44. The number of carbonyl (C=O) groups excluding carboxylic acids is 2. The molecule has 0 aliphatic rings. The summed E-state index contributed by atoms with van der Waals surface area (Å²) in [5, 5.41) is 13.0. The van der Waals surface area contributed by atoms with E-state index in [2.05, 4.69) is 17.2 Å². The van der Waals surface area contributed by atoms with Crippen LogP contribution in [-0.2, 0) is 9.59 Å². The van der Waals surface area contributed by atoms with Gasteiger partial charge in [-0.05, 0) is 20.8 Å². The molecule has 0 aliphatic carbocycles. The first-order valence-corrected chi connectivity index (χ1v) is 4.79. The van der Waals surface area contributed by atoms with Crippen molar-refractivity contribution in [2.75, 3.05) is 6.54 Å². The van der Waals surface area contributed by atoms with Crippen molar-refractivity contribution in [3.8, 4) is 11.8 Å². The minimum Gasteiger partial charge on any atom is -0.478 e. The molecule has 0 atom stereocenters. The molecule has 0 spiro atoms. The first kappa shape index (κ1) is 14.7. The first-order valence-electron chi connectivity index (χ1n) is 4.79. The van der Waals surface area contributed by atoms with E-state index in [4.69, 9.17) is 5.11 Å². The molecule has 0 aromatic heterocycles. The van der Waals surface area contributed by atoms with E-state index >= 15 is 0 Å². The Hall–Kier alpha value is -2.29. The summed E-state index contributed by atoms with van der Waals surface area (Å²) in [4.78, 5) is 33.1. The van der Waals surface area contributed by atoms with Crippen molar-refractivity contribution < 1.29 is 19.5 Å². The lowest BCUT2D eigenvalue weighted by Crippen LogP contribution is -2.40. The molecule has 17 heavy (non-hydrogen) atoms. The van der Waals surface area contributed by atoms with Crippen LogP contribution >= 0.6 is 0 Å². The lowest BCUT2D eigenvalue weighted by Gasteiger charge is -2.05. The predicted molar refractivity (Wildman–Crippen MR) is 61.0 cm³/mol. The van der Waals surface area contributed by atoms with Crippen molar-refractivity contribution in [3.63, 3.8) is 0 Å². The molecule has 6 nitrogen and oxygen atoms in total. The van der Waals surface area contributed by atoms with Crippen LogP contribution in [0.3, 0.4) is 0 Å². The monoisotopic (exact) mass is 238 g/mol. The molecule has 0 bridgehead atoms. The van der Waals surface area contributed by atoms with Crippen LogP contribution in [0.15, 0.2) is 11.1 Å². The normalized spacial score (nSPS) is 10.5. The average Bonchev–Trinajstić information content (AvgIpc) is 2.27. The van der Waals surface area contributed by atoms with Crippen LogP contribution in [0.1, 0.15) is 20.8 Å². The van der Waals surface area contributed by atoms with Crippen LogP contribution < -0.4 is 10.6 Å². The third-order valence-corrected chi connectivity index (χ3v) is 1.97. The quantitative estimate of drug-likeness (QED) is 0.485. The van der Waals surface area contributed by atoms with Gasteiger partial charge in [0.25, 0.3) is 5.91 Å². The Labute approximate surface area is 99.1 Å². The molecule has 92 valence electrons. The molecule has 0 heterocycles. The van der Waals surface area contributed by atoms with Crippen molar-refractivity contribution in [2.45, 2.75) is 20.8 Å². The van der Waals surface area contributed by atoms with E-state index in [1.54, 1.807) is 6.92 Å². The number of carboxylic acids is 1. The topological polar surface area (TPSA) is 95.5 Å². The van der Waals surface area contributed by atoms with Crippen LogP contribution in [0.4, 0.5) is 4.79 Å². The Kier molecular flexibility index (Phi) is 6.11. The van der Waals surface area contributed by atoms with Crippen molar-refractivity contribution in [1.29, 1.82) is 0 Å². The summed E-state index contributed by atoms with van der Waals surface area (Å²) in [6.45, 7) is 4.36. The van der Waals surface area contributed by atoms with Crippen LogP contribution in [0.2, 0.25) is 0 Å². The van der Waals surface area contributed by atoms with Gasteiger partial charge >= 0.3 is 12.0 Å². The molecule has 3 N–H and O–H groups in total. The van der Waals surface area contributed by atoms with Gasteiger partial charge in [0.2, 0.25) is 0 Å². The maximum atomic E-state index is 11.4. The van der Waals surface area contributed by atoms with Crippen molar-refractivity contribution in [3.05, 3.63) is 11.1 Å². The molecule has 3 amide bonds. The molecule has 0 fully saturated rings. The predicted octanol–water partition coefficient (Wildman–Crippen LogP) is 0.256. The largest absolute Gasteiger partial charge is 0.478 e. The van der Waals surface area contributed by atoms with Gasteiger partial charge in [0.1, 0.15) is 0 Å². The summed E-state index contributed by atoms with van der Waals surface area (Å²) in [7, 11) is 0. The maximum Gasteiger partial charge on any atom is 0.331 e. The van der Waals surface area contributed by atoms with E-state index < -0.39 is 17.9 Å². The average molecular weight is 238 g/mol. The lowest BCUT2D eigenvalue weighted by atomic mass is 10.1. The fourth-order valence-corrected chi connectivity index (χ4v) is 0.785. The van der Waals surface area contributed by atoms with Gasteiger partial charge < -0.3 is 10.4 Å². The number of amides is 3. The fraction of sp³-hybridized carbons (Fsp3) is 0.364. The zero-order valence-electron chi connectivity index (χ0n) is 9.88. The van der Waals surface area contributed by atoms with Gasteiger partial charge in [-0.25, -0.2) is 9.59 Å². The standard InChI is InChI=1S/C11H14N2O4/c1-4-5-6-12-11(17)13-9(14)7(2)8(3)10(15)16/h6H2,1-3H3,(H,15,16)(H2,12,13,14,17). The third kappa shape index (κ3) is 5.37. The number of aliphatic carboxylic acids is 1. The number of nitrogens with one attached hydrogen (secondary N) is 2. The van der Waals surface area contributed by atoms with Gasteiger partial charge in [0, 0.05) is 11.1 Å². The number of hydrogen-bond donors (Lipinski definition) is 3. The lowest BCUT2D eigenvalue weighted by molar-refractivity contribution is -0.133. The Bertz CT molecular complexity index is 426. The molecule has 0 aromatic carbocycles. The van der Waals surface area contributed by atoms with Crippen LogP contribution in [0, 0.1) is 11.8 Å². The number of carbonyl (C=O) groups is 3. The zero-order chi connectivity index (χ0) is 13.4. The number of imide groups is 1. The fourth-order valence-electron chi connectivity index (χ4n) is 0.785. The van der Waals surface area contributed by atoms with Gasteiger partial charge in [-0.1, -0.05) is 5.92 Å². The molecule has 6 heteroatoms. The minimum atomic E-state index is -1.20. The summed E-state index contributed by atoms with van der Waals surface area (Å²) in [5.41, 5.74) is -0.127. The van der Waals surface area contributed by atoms with Crippen molar-refractivity contribution in [1.82, 2.24) is 10.6 Å². The second-order valence-corrected chi connectivity index (χ2v) is 3.12. The highest BCUT2D eigenvalue weighted by Gasteiger charge is 2.14. The van der Waals surface area contributed by atoms with E-state index in [0.717, 1.165) is 0 Å². The molecule has 0 saturated heterocycles. The van der Waals surface area contributed by atoms with E-state index in [9.17, 15) is 14.4 Å². The van der Waals surface area contributed by atoms with Crippen LogP contribution in [0.25, 0.3) is 0 Å². The second kappa shape index (κ2) is 7.06. The third-order valence-electron chi connectivity index (χ3n) is 1.97. The van der Waals surface area contributed by atoms with Crippen LogP contribution in [0.5, 0.6) is 0 Å². The van der Waals surface area contributed by atoms with Crippen molar-refractivity contribution in [2.24, 2.45) is 0 Å². The summed E-state index contributed by atoms with van der Waals surface area (Å²) in [5.74, 6) is 3.21. The Morgan fingerprint density at radius 1 is 1.18 bits per heavy atom. The Morgan fingerprint density at radius 2 is 1.76 bits per heavy atom. The maximum absolute atomic E-state index is 11.4. The molecule has 0 saturated carbocycles. The SMILES string of the molecule is CC#CCNC(=O)NC(=O)C(C)=C(C)C(=O)O. The number of carboxylic acid groups (broad SMARTS) is 1. The molecule has 0 aliphatic heterocycles. The summed E-state index contributed by atoms with van der Waals surface area (Å²) in [6, 6.07) is -0.713. The van der Waals surface area contributed by atoms with Gasteiger partial charge in [-0.3, -0.25) is 10.1 Å². The minimum absolute atomic E-state index is 0.0192. The highest BCUT2D eigenvalue weighted by Crippen LogP contribution is 2.02. The second-order valence-electron chi connectivity index (χ2n) is 3.12. The Morgan fingerprint density at radius 3 is 2.24 bits per heavy atom. The van der Waals surface area contributed by atoms with E-state index in [-0.39, 0.29) is 17.7 Å². The zero-order valence-corrected chi connectivity index (χ0v) is 9.88. The number of hydrogen-bond acceptors (Lipinski definition) is 3. The molecule has 0 rings (SSSR count). The molecule has 0 aromatic rings. The molecule has 0 radical (unpaired) electrons. The van der Waals surface area contributed by atoms with Gasteiger partial charge in [-0.15, -0.1) is 5.92 Å². The van der Waals surface area contributed by atoms with E-state index in [1.807, 2.05) is 5.32 Å². The van der Waals surface area contributed by atoms with Crippen molar-refractivity contribution >= 4 is 17.9 Å². The highest BCUT2D eigenvalue weighted by molar-refractivity contribution is 6.07. The highest BCUT2D eigenvalue weighted by atomic mass is 16.4. The number of urea groups is 1. The number of rotatable bonds is 3. The van der Waals surface area contributed by atoms with E-state index in [0.29, 0.717) is 0 Å². The summed E-state index contributed by atoms with van der Waals surface area (Å²) >= 11 is 0. The summed E-state index contributed by atoms with van der Waals surface area (Å²) in [6.07, 6.45) is 0. The first-order chi connectivity index (χ1) is 7.90. The molecule has 0 unspecified atom stereocenters. The van der Waals surface area contributed by atoms with Crippen LogP contribution in [-0.4, -0.2) is 29.6 Å². The molecular formula is C11H14N2O4. The summed E-state index contributed by atoms with van der Waals surface area (Å²) < 4.78 is 0. The van der Waals surface area contributed by atoms with E-state index in [1.165, 1.54) is 13.8 Å². The van der Waals surface area contributed by atoms with Gasteiger partial charge in [0.05, 0.1) is 6.54 Å². The smallest absolute Gasteiger partial charge is 0.331 e. The van der Waals surface area contributed by atoms with Gasteiger partial charge in [0.15, 0.2) is 0 Å². The molecular weight excluding hydrogens is 224 g/mol. The van der Waals surface area contributed by atoms with Gasteiger partial charge in [-0.2, -0.15) is 0 Å².